The van der Waals surface area contributed by atoms with E-state index in [-0.39, 0.29) is 17.1 Å². The quantitative estimate of drug-likeness (QED) is 0.401. The maximum atomic E-state index is 7.50. The van der Waals surface area contributed by atoms with Crippen LogP contribution in [0.15, 0.2) is 35.5 Å². The molecule has 0 aromatic carbocycles. The van der Waals surface area contributed by atoms with Crippen molar-refractivity contribution >= 4 is 0 Å². The van der Waals surface area contributed by atoms with Gasteiger partial charge in [-0.2, -0.15) is 0 Å². The van der Waals surface area contributed by atoms with Gasteiger partial charge in [-0.1, -0.05) is 36.8 Å². The molecule has 1 rings (SSSR count). The van der Waals surface area contributed by atoms with Crippen LogP contribution in [-0.2, 0) is 31.0 Å². The Morgan fingerprint density at radius 1 is 1.12 bits per heavy atom. The van der Waals surface area contributed by atoms with Gasteiger partial charge in [0.05, 0.1) is 0 Å². The zero-order valence-electron chi connectivity index (χ0n) is 9.80. The molecule has 0 atom stereocenters. The molecule has 92 valence electrons. The molecule has 0 radical (unpaired) electrons. The van der Waals surface area contributed by atoms with Crippen molar-refractivity contribution in [1.82, 2.24) is 0 Å². The van der Waals surface area contributed by atoms with Crippen LogP contribution in [0.3, 0.4) is 0 Å². The van der Waals surface area contributed by atoms with E-state index in [2.05, 4.69) is 58.1 Å². The van der Waals surface area contributed by atoms with Gasteiger partial charge in [-0.25, -0.2) is 0 Å². The van der Waals surface area contributed by atoms with E-state index in [4.69, 9.17) is 14.0 Å². The van der Waals surface area contributed by atoms with E-state index in [0.717, 1.165) is 6.42 Å². The van der Waals surface area contributed by atoms with Crippen molar-refractivity contribution in [2.24, 2.45) is 0 Å². The summed E-state index contributed by atoms with van der Waals surface area (Å²) in [5.74, 6) is 0. The van der Waals surface area contributed by atoms with Crippen molar-refractivity contribution in [2.45, 2.75) is 26.7 Å². The third-order valence-electron chi connectivity index (χ3n) is 1.96. The molecule has 0 saturated carbocycles. The average molecular weight is 274 g/mol. The second-order valence-electron chi connectivity index (χ2n) is 2.65. The second kappa shape index (κ2) is 24.3. The van der Waals surface area contributed by atoms with E-state index >= 15 is 0 Å². The van der Waals surface area contributed by atoms with Gasteiger partial charge in [-0.3, -0.25) is 0 Å². The second-order valence-corrected chi connectivity index (χ2v) is 2.65. The van der Waals surface area contributed by atoms with Crippen LogP contribution in [0.1, 0.15) is 26.7 Å². The van der Waals surface area contributed by atoms with Gasteiger partial charge >= 0.3 is 33.9 Å². The van der Waals surface area contributed by atoms with Crippen LogP contribution in [0.25, 0.3) is 0 Å². The topological polar surface area (TPSA) is 59.7 Å². The molecule has 0 N–H and O–H groups in total. The van der Waals surface area contributed by atoms with E-state index in [0.29, 0.717) is 0 Å². The molecular weight excluding hydrogens is 260 g/mol. The van der Waals surface area contributed by atoms with Gasteiger partial charge in [0.2, 0.25) is 0 Å². The number of hydrogen-bond donors (Lipinski definition) is 0. The summed E-state index contributed by atoms with van der Waals surface area (Å²) in [5, 5.41) is 0. The van der Waals surface area contributed by atoms with Gasteiger partial charge in [0, 0.05) is 17.1 Å². The summed E-state index contributed by atoms with van der Waals surface area (Å²) in [6, 6.07) is 0. The van der Waals surface area contributed by atoms with Crippen molar-refractivity contribution in [3.63, 3.8) is 0 Å². The Morgan fingerprint density at radius 2 is 1.59 bits per heavy atom. The molecule has 0 heterocycles. The van der Waals surface area contributed by atoms with Crippen LogP contribution in [0.4, 0.5) is 0 Å². The van der Waals surface area contributed by atoms with Gasteiger partial charge in [-0.15, -0.1) is 0 Å². The van der Waals surface area contributed by atoms with Crippen LogP contribution in [0.5, 0.6) is 0 Å². The Labute approximate surface area is 113 Å². The molecule has 1 aliphatic rings. The fourth-order valence-corrected chi connectivity index (χ4v) is 1.06. The van der Waals surface area contributed by atoms with E-state index < -0.39 is 0 Å². The number of allylic oxidation sites excluding steroid dienone is 6. The fourth-order valence-electron chi connectivity index (χ4n) is 1.06. The third-order valence-corrected chi connectivity index (χ3v) is 1.96. The molecule has 0 aromatic heterocycles. The Bertz CT molecular complexity index is 292. The molecule has 4 heteroatoms. The van der Waals surface area contributed by atoms with Crippen molar-refractivity contribution < 1.29 is 31.0 Å². The Kier molecular flexibility index (Phi) is 35.6. The van der Waals surface area contributed by atoms with Crippen LogP contribution in [-0.4, -0.2) is 0 Å². The summed E-state index contributed by atoms with van der Waals surface area (Å²) in [5.41, 5.74) is 3.01. The summed E-state index contributed by atoms with van der Waals surface area (Å²) < 4.78 is 22.5. The molecule has 1 aliphatic carbocycles. The monoisotopic (exact) mass is 274 g/mol. The van der Waals surface area contributed by atoms with E-state index in [9.17, 15) is 0 Å². The van der Waals surface area contributed by atoms with E-state index in [1.165, 1.54) is 17.6 Å². The standard InChI is InChI=1S/C10H14.3CO.Fe/c1-3-9(2)10-7-5-4-6-8-10;3*1-2;/h4-7H,3,8H2,1-2H3;;;;/b10-9-;;;;. The zero-order chi connectivity index (χ0) is 13.4. The van der Waals surface area contributed by atoms with Gasteiger partial charge in [0.1, 0.15) is 0 Å². The van der Waals surface area contributed by atoms with Crippen molar-refractivity contribution in [3.8, 4) is 0 Å². The number of hydrogen-bond acceptors (Lipinski definition) is 0. The SMILES string of the molecule is CC/C(C)=C1/C=CC=CC1.[C-]#[O+].[C-]#[O+].[C-]#[O+].[Fe]. The maximum absolute atomic E-state index is 7.50. The summed E-state index contributed by atoms with van der Waals surface area (Å²) in [6.45, 7) is 17.9. The molecular formula is C13H14FeO3. The van der Waals surface area contributed by atoms with Gasteiger partial charge in [0.25, 0.3) is 0 Å². The minimum atomic E-state index is 0. The van der Waals surface area contributed by atoms with Crippen molar-refractivity contribution in [3.05, 3.63) is 55.4 Å². The van der Waals surface area contributed by atoms with Gasteiger partial charge in [-0.05, 0) is 25.3 Å². The largest absolute Gasteiger partial charge is 0 e. The zero-order valence-corrected chi connectivity index (χ0v) is 10.9. The molecule has 0 amide bonds. The Hall–Kier alpha value is -1.04. The van der Waals surface area contributed by atoms with Gasteiger partial charge in [0.15, 0.2) is 0 Å². The molecule has 0 saturated heterocycles. The molecule has 0 aromatic rings. The summed E-state index contributed by atoms with van der Waals surface area (Å²) >= 11 is 0. The van der Waals surface area contributed by atoms with Crippen molar-refractivity contribution in [2.75, 3.05) is 0 Å². The molecule has 3 nitrogen and oxygen atoms in total. The fraction of sp³-hybridized carbons (Fsp3) is 0.308. The van der Waals surface area contributed by atoms with Crippen LogP contribution < -0.4 is 0 Å². The first kappa shape index (κ1) is 25.0. The minimum Gasteiger partial charge on any atom is 0 e. The minimum absolute atomic E-state index is 0. The van der Waals surface area contributed by atoms with E-state index in [1.54, 1.807) is 0 Å². The van der Waals surface area contributed by atoms with Crippen LogP contribution in [0.2, 0.25) is 0 Å². The molecule has 0 spiro atoms. The molecule has 0 unspecified atom stereocenters. The van der Waals surface area contributed by atoms with Gasteiger partial charge < -0.3 is 0 Å². The van der Waals surface area contributed by atoms with Crippen LogP contribution >= 0.6 is 0 Å². The summed E-state index contributed by atoms with van der Waals surface area (Å²) in [4.78, 5) is 0. The van der Waals surface area contributed by atoms with E-state index in [1.807, 2.05) is 0 Å². The predicted molar refractivity (Wildman–Crippen MR) is 57.7 cm³/mol. The molecule has 0 bridgehead atoms. The third kappa shape index (κ3) is 15.0. The summed E-state index contributed by atoms with van der Waals surface area (Å²) in [7, 11) is 0. The summed E-state index contributed by atoms with van der Waals surface area (Å²) in [6.07, 6.45) is 10.9. The average Bonchev–Trinajstić information content (AvgIpc) is 2.45. The molecule has 0 fully saturated rings. The molecule has 0 aliphatic heterocycles. The van der Waals surface area contributed by atoms with Crippen LogP contribution in [0, 0.1) is 20.0 Å². The predicted octanol–water partition coefficient (Wildman–Crippen LogP) is 3.11. The normalized spacial score (nSPS) is 12.9. The maximum Gasteiger partial charge on any atom is 0 e. The Balaban J connectivity index is -0.000000106. The first-order chi connectivity index (χ1) is 7.84. The first-order valence-corrected chi connectivity index (χ1v) is 4.47. The van der Waals surface area contributed by atoms with Crippen molar-refractivity contribution in [1.29, 1.82) is 0 Å². The Morgan fingerprint density at radius 3 is 1.88 bits per heavy atom. The molecule has 17 heavy (non-hydrogen) atoms. The number of rotatable bonds is 1. The first-order valence-electron chi connectivity index (χ1n) is 4.47. The smallest absolute Gasteiger partial charge is 0 e.